The Morgan fingerprint density at radius 2 is 2.00 bits per heavy atom. The molecule has 3 aromatic rings. The van der Waals surface area contributed by atoms with Gasteiger partial charge in [-0.1, -0.05) is 29.4 Å². The van der Waals surface area contributed by atoms with E-state index < -0.39 is 17.8 Å². The number of rotatable bonds is 5. The Labute approximate surface area is 165 Å². The van der Waals surface area contributed by atoms with Crippen LogP contribution in [0.15, 0.2) is 53.1 Å². The molecule has 0 radical (unpaired) electrons. The third-order valence-electron chi connectivity index (χ3n) is 4.71. The maximum atomic E-state index is 13.9. The van der Waals surface area contributed by atoms with Crippen LogP contribution in [0.25, 0.3) is 22.8 Å². The minimum absolute atomic E-state index is 0.0330. The molecular formula is C21H18FN3O4. The number of amides is 2. The molecule has 1 unspecified atom stereocenters. The van der Waals surface area contributed by atoms with Gasteiger partial charge >= 0.3 is 6.09 Å². The molecule has 1 aliphatic rings. The smallest absolute Gasteiger partial charge is 0.414 e. The predicted molar refractivity (Wildman–Crippen MR) is 101 cm³/mol. The van der Waals surface area contributed by atoms with Crippen molar-refractivity contribution in [3.8, 4) is 22.8 Å². The Morgan fingerprint density at radius 1 is 1.21 bits per heavy atom. The third-order valence-corrected chi connectivity index (χ3v) is 4.71. The van der Waals surface area contributed by atoms with Gasteiger partial charge in [-0.25, -0.2) is 9.18 Å². The van der Waals surface area contributed by atoms with Crippen molar-refractivity contribution in [3.05, 3.63) is 59.9 Å². The van der Waals surface area contributed by atoms with Gasteiger partial charge in [-0.05, 0) is 49.9 Å². The fraction of sp³-hybridized carbons (Fsp3) is 0.238. The van der Waals surface area contributed by atoms with E-state index >= 15 is 0 Å². The number of nitrogens with one attached hydrogen (secondary N) is 1. The molecule has 1 aliphatic carbocycles. The van der Waals surface area contributed by atoms with E-state index in [1.807, 2.05) is 6.92 Å². The van der Waals surface area contributed by atoms with Gasteiger partial charge in [0.25, 0.3) is 11.8 Å². The zero-order chi connectivity index (χ0) is 20.4. The summed E-state index contributed by atoms with van der Waals surface area (Å²) in [5.74, 6) is -0.470. The van der Waals surface area contributed by atoms with E-state index in [9.17, 15) is 14.0 Å². The van der Waals surface area contributed by atoms with Crippen molar-refractivity contribution in [2.24, 2.45) is 5.92 Å². The van der Waals surface area contributed by atoms with Gasteiger partial charge < -0.3 is 9.26 Å². The first-order valence-electron chi connectivity index (χ1n) is 9.22. The van der Waals surface area contributed by atoms with Gasteiger partial charge in [0, 0.05) is 11.1 Å². The van der Waals surface area contributed by atoms with Crippen LogP contribution in [0.2, 0.25) is 0 Å². The summed E-state index contributed by atoms with van der Waals surface area (Å²) in [4.78, 5) is 28.4. The number of alkyl carbamates (subject to hydrolysis) is 1. The molecule has 1 atom stereocenters. The lowest BCUT2D eigenvalue weighted by Crippen LogP contribution is -2.33. The van der Waals surface area contributed by atoms with Crippen molar-refractivity contribution in [2.75, 3.05) is 0 Å². The zero-order valence-corrected chi connectivity index (χ0v) is 15.6. The predicted octanol–water partition coefficient (Wildman–Crippen LogP) is 4.21. The fourth-order valence-electron chi connectivity index (χ4n) is 2.91. The van der Waals surface area contributed by atoms with Gasteiger partial charge in [0.2, 0.25) is 5.82 Å². The van der Waals surface area contributed by atoms with Crippen LogP contribution in [0, 0.1) is 11.7 Å². The van der Waals surface area contributed by atoms with E-state index in [4.69, 9.17) is 9.26 Å². The zero-order valence-electron chi connectivity index (χ0n) is 15.6. The topological polar surface area (TPSA) is 94.3 Å². The number of hydrogen-bond acceptors (Lipinski definition) is 6. The Kier molecular flexibility index (Phi) is 5.07. The van der Waals surface area contributed by atoms with Crippen LogP contribution in [0.1, 0.15) is 30.1 Å². The first-order valence-corrected chi connectivity index (χ1v) is 9.22. The van der Waals surface area contributed by atoms with Crippen LogP contribution in [0.5, 0.6) is 0 Å². The van der Waals surface area contributed by atoms with Gasteiger partial charge in [0.1, 0.15) is 11.9 Å². The Bertz CT molecular complexity index is 1060. The van der Waals surface area contributed by atoms with Crippen molar-refractivity contribution in [3.63, 3.8) is 0 Å². The number of hydrogen-bond donors (Lipinski definition) is 1. The standard InChI is InChI=1S/C21H18FN3O4/c1-12(13-9-10-13)28-21(27)24-19(26)15-6-4-5-14(11-15)18-23-20(29-25-18)16-7-2-3-8-17(16)22/h2-8,11-13H,9-10H2,1H3,(H,24,26,27). The molecule has 7 nitrogen and oxygen atoms in total. The Morgan fingerprint density at radius 3 is 2.76 bits per heavy atom. The average molecular weight is 395 g/mol. The molecule has 0 saturated heterocycles. The molecule has 1 heterocycles. The van der Waals surface area contributed by atoms with Gasteiger partial charge in [0.15, 0.2) is 0 Å². The highest BCUT2D eigenvalue weighted by Crippen LogP contribution is 2.34. The summed E-state index contributed by atoms with van der Waals surface area (Å²) in [6.07, 6.45) is 1.07. The average Bonchev–Trinajstić information content (AvgIpc) is 3.46. The van der Waals surface area contributed by atoms with Crippen LogP contribution in [-0.4, -0.2) is 28.2 Å². The molecule has 1 aromatic heterocycles. The molecule has 8 heteroatoms. The van der Waals surface area contributed by atoms with Gasteiger partial charge in [-0.15, -0.1) is 0 Å². The molecule has 0 aliphatic heterocycles. The number of carbonyl (C=O) groups is 2. The molecule has 2 aromatic carbocycles. The summed E-state index contributed by atoms with van der Waals surface area (Å²) in [5.41, 5.74) is 0.909. The highest BCUT2D eigenvalue weighted by atomic mass is 19.1. The van der Waals surface area contributed by atoms with Gasteiger partial charge in [0.05, 0.1) is 5.56 Å². The highest BCUT2D eigenvalue weighted by Gasteiger charge is 2.31. The minimum Gasteiger partial charge on any atom is -0.446 e. The highest BCUT2D eigenvalue weighted by molar-refractivity contribution is 6.03. The lowest BCUT2D eigenvalue weighted by molar-refractivity contribution is 0.0811. The molecular weight excluding hydrogens is 377 g/mol. The van der Waals surface area contributed by atoms with E-state index in [0.29, 0.717) is 11.5 Å². The normalized spacial score (nSPS) is 14.3. The minimum atomic E-state index is -0.777. The van der Waals surface area contributed by atoms with Crippen molar-refractivity contribution in [2.45, 2.75) is 25.9 Å². The van der Waals surface area contributed by atoms with E-state index in [0.717, 1.165) is 12.8 Å². The molecule has 29 heavy (non-hydrogen) atoms. The largest absolute Gasteiger partial charge is 0.446 e. The number of imide groups is 1. The monoisotopic (exact) mass is 395 g/mol. The molecule has 4 rings (SSSR count). The summed E-state index contributed by atoms with van der Waals surface area (Å²) < 4.78 is 24.2. The van der Waals surface area contributed by atoms with E-state index in [1.54, 1.807) is 30.3 Å². The summed E-state index contributed by atoms with van der Waals surface area (Å²) in [5, 5.41) is 6.07. The molecule has 148 valence electrons. The molecule has 2 amide bonds. The fourth-order valence-corrected chi connectivity index (χ4v) is 2.91. The second kappa shape index (κ2) is 7.83. The maximum Gasteiger partial charge on any atom is 0.414 e. The van der Waals surface area contributed by atoms with E-state index in [-0.39, 0.29) is 28.9 Å². The maximum absolute atomic E-state index is 13.9. The second-order valence-corrected chi connectivity index (χ2v) is 6.89. The van der Waals surface area contributed by atoms with Crippen molar-refractivity contribution >= 4 is 12.0 Å². The number of ether oxygens (including phenoxy) is 1. The molecule has 1 saturated carbocycles. The van der Waals surface area contributed by atoms with Gasteiger partial charge in [-0.2, -0.15) is 4.98 Å². The number of halogens is 1. The number of carbonyl (C=O) groups excluding carboxylic acids is 2. The molecule has 1 N–H and O–H groups in total. The first-order chi connectivity index (χ1) is 14.0. The summed E-state index contributed by atoms with van der Waals surface area (Å²) >= 11 is 0. The summed E-state index contributed by atoms with van der Waals surface area (Å²) in [6, 6.07) is 12.4. The quantitative estimate of drug-likeness (QED) is 0.696. The van der Waals surface area contributed by atoms with E-state index in [2.05, 4.69) is 15.5 Å². The van der Waals surface area contributed by atoms with Crippen molar-refractivity contribution < 1.29 is 23.2 Å². The van der Waals surface area contributed by atoms with E-state index in [1.165, 1.54) is 18.2 Å². The number of benzene rings is 2. The Balaban J connectivity index is 1.48. The third kappa shape index (κ3) is 4.31. The molecule has 0 spiro atoms. The second-order valence-electron chi connectivity index (χ2n) is 6.89. The van der Waals surface area contributed by atoms with Crippen molar-refractivity contribution in [1.29, 1.82) is 0 Å². The summed E-state index contributed by atoms with van der Waals surface area (Å²) in [6.45, 7) is 1.81. The van der Waals surface area contributed by atoms with Crippen LogP contribution in [0.3, 0.4) is 0 Å². The number of aromatic nitrogens is 2. The van der Waals surface area contributed by atoms with Crippen molar-refractivity contribution in [1.82, 2.24) is 15.5 Å². The number of nitrogens with zero attached hydrogens (tertiary/aromatic N) is 2. The SMILES string of the molecule is CC(OC(=O)NC(=O)c1cccc(-c2noc(-c3ccccc3F)n2)c1)C1CC1. The van der Waals surface area contributed by atoms with Crippen LogP contribution >= 0.6 is 0 Å². The molecule has 1 fully saturated rings. The van der Waals surface area contributed by atoms with Crippen LogP contribution in [0.4, 0.5) is 9.18 Å². The Hall–Kier alpha value is -3.55. The van der Waals surface area contributed by atoms with Crippen LogP contribution < -0.4 is 5.32 Å². The first kappa shape index (κ1) is 18.8. The lowest BCUT2D eigenvalue weighted by Gasteiger charge is -2.12. The summed E-state index contributed by atoms with van der Waals surface area (Å²) in [7, 11) is 0. The molecule has 0 bridgehead atoms. The lowest BCUT2D eigenvalue weighted by atomic mass is 10.1. The van der Waals surface area contributed by atoms with Crippen LogP contribution in [-0.2, 0) is 4.74 Å². The van der Waals surface area contributed by atoms with Gasteiger partial charge in [-0.3, -0.25) is 10.1 Å².